The van der Waals surface area contributed by atoms with Crippen molar-refractivity contribution in [3.8, 4) is 0 Å². The maximum Gasteiger partial charge on any atom is 0.324 e. The largest absolute Gasteiger partial charge is 0.468 e. The second-order valence-electron chi connectivity index (χ2n) is 15.8. The summed E-state index contributed by atoms with van der Waals surface area (Å²) in [7, 11) is -0.136. The molecule has 3 rings (SSSR count). The van der Waals surface area contributed by atoms with Crippen LogP contribution in [0.2, 0.25) is 25.7 Å². The Bertz CT molecular complexity index is 1610. The summed E-state index contributed by atoms with van der Waals surface area (Å²) in [4.78, 5) is 70.0. The maximum atomic E-state index is 14.3. The SMILES string of the molecule is COC(=O)[C@@H]1CCCN(C(=O)[C@H](C)NC(=O)[C@@H](NC(=O)[C@@](C)(/C=C/C2([C@@H](C)OC(C)=O)C=c3ncccc3=CC2)COCC[Si](C)(C)C)C(C)C)N1. The monoisotopic (exact) mass is 741 g/mol. The fourth-order valence-corrected chi connectivity index (χ4v) is 6.86. The summed E-state index contributed by atoms with van der Waals surface area (Å²) in [5.41, 5.74) is 0.844. The molecule has 0 aromatic carbocycles. The summed E-state index contributed by atoms with van der Waals surface area (Å²) in [5, 5.41) is 8.76. The third kappa shape index (κ3) is 11.6. The third-order valence-electron chi connectivity index (χ3n) is 9.63. The van der Waals surface area contributed by atoms with E-state index in [9.17, 15) is 24.0 Å². The zero-order valence-corrected chi connectivity index (χ0v) is 33.5. The number of ether oxygens (including phenoxy) is 3. The smallest absolute Gasteiger partial charge is 0.324 e. The molecule has 52 heavy (non-hydrogen) atoms. The molecule has 0 radical (unpaired) electrons. The first-order valence-corrected chi connectivity index (χ1v) is 21.9. The van der Waals surface area contributed by atoms with Gasteiger partial charge in [-0.15, -0.1) is 0 Å². The van der Waals surface area contributed by atoms with Gasteiger partial charge in [-0.25, -0.2) is 5.43 Å². The molecule has 13 nitrogen and oxygen atoms in total. The Morgan fingerprint density at radius 1 is 1.15 bits per heavy atom. The van der Waals surface area contributed by atoms with Crippen molar-refractivity contribution in [3.63, 3.8) is 0 Å². The molecule has 1 aromatic heterocycles. The van der Waals surface area contributed by atoms with Crippen LogP contribution in [0.15, 0.2) is 30.5 Å². The molecule has 3 N–H and O–H groups in total. The number of esters is 2. The summed E-state index contributed by atoms with van der Waals surface area (Å²) in [6.45, 7) is 17.8. The predicted octanol–water partition coefficient (Wildman–Crippen LogP) is 2.22. The normalized spacial score (nSPS) is 21.8. The molecule has 14 heteroatoms. The second-order valence-corrected chi connectivity index (χ2v) is 21.4. The lowest BCUT2D eigenvalue weighted by Crippen LogP contribution is -2.61. The molecule has 2 heterocycles. The number of carbonyl (C=O) groups excluding carboxylic acids is 5. The zero-order chi connectivity index (χ0) is 38.9. The number of hydrazine groups is 1. The molecule has 1 fully saturated rings. The number of nitrogens with zero attached hydrogens (tertiary/aromatic N) is 2. The summed E-state index contributed by atoms with van der Waals surface area (Å²) in [5.74, 6) is -2.59. The number of fused-ring (bicyclic) bond motifs is 1. The summed E-state index contributed by atoms with van der Waals surface area (Å²) in [6.07, 6.45) is 10.4. The Morgan fingerprint density at radius 2 is 1.87 bits per heavy atom. The Balaban J connectivity index is 1.89. The van der Waals surface area contributed by atoms with Crippen molar-refractivity contribution in [2.24, 2.45) is 16.7 Å². The van der Waals surface area contributed by atoms with E-state index in [-0.39, 0.29) is 12.5 Å². The van der Waals surface area contributed by atoms with E-state index in [4.69, 9.17) is 14.2 Å². The molecule has 1 aliphatic carbocycles. The van der Waals surface area contributed by atoms with Gasteiger partial charge in [0, 0.05) is 39.8 Å². The van der Waals surface area contributed by atoms with E-state index in [1.807, 2.05) is 51.1 Å². The van der Waals surface area contributed by atoms with Gasteiger partial charge in [0.25, 0.3) is 5.91 Å². The molecule has 1 unspecified atom stereocenters. The van der Waals surface area contributed by atoms with Crippen molar-refractivity contribution in [1.29, 1.82) is 0 Å². The van der Waals surface area contributed by atoms with Gasteiger partial charge in [0.2, 0.25) is 11.8 Å². The number of hydrogen-bond donors (Lipinski definition) is 3. The molecule has 288 valence electrons. The standard InChI is InChI=1S/C38H59N5O8Si/c1-25(2)32(33(45)40-26(3)34(46)43-20-12-14-30(42-43)35(47)49-7)41-36(48)37(6,24-50-21-22-52(8,9)10)17-18-38(27(4)51-28(5)44)16-15-29-13-11-19-39-31(29)23-38/h11,13,15,17-19,23,25-27,30,32,42H,12,14,16,20-22,24H2,1-10H3,(H,40,45)(H,41,48)/b18-17+/t26-,27+,30-,32-,37-,38?/m0/s1. The van der Waals surface area contributed by atoms with Gasteiger partial charge >= 0.3 is 11.9 Å². The summed E-state index contributed by atoms with van der Waals surface area (Å²) >= 11 is 0. The number of aromatic nitrogens is 1. The number of pyridine rings is 1. The summed E-state index contributed by atoms with van der Waals surface area (Å²) < 4.78 is 16.7. The molecule has 0 saturated carbocycles. The van der Waals surface area contributed by atoms with Crippen molar-refractivity contribution in [3.05, 3.63) is 41.0 Å². The topological polar surface area (TPSA) is 165 Å². The van der Waals surface area contributed by atoms with E-state index < -0.39 is 72.8 Å². The zero-order valence-electron chi connectivity index (χ0n) is 32.5. The lowest BCUT2D eigenvalue weighted by molar-refractivity contribution is -0.151. The average Bonchev–Trinajstić information content (AvgIpc) is 3.09. The van der Waals surface area contributed by atoms with Gasteiger partial charge in [0.05, 0.1) is 24.5 Å². The van der Waals surface area contributed by atoms with Crippen LogP contribution in [0, 0.1) is 16.7 Å². The van der Waals surface area contributed by atoms with E-state index in [2.05, 4.69) is 40.7 Å². The average molecular weight is 742 g/mol. The minimum atomic E-state index is -1.43. The van der Waals surface area contributed by atoms with E-state index >= 15 is 0 Å². The van der Waals surface area contributed by atoms with Gasteiger partial charge in [-0.05, 0) is 69.4 Å². The molecular weight excluding hydrogens is 683 g/mol. The first-order valence-electron chi connectivity index (χ1n) is 18.2. The highest BCUT2D eigenvalue weighted by molar-refractivity contribution is 6.76. The second kappa shape index (κ2) is 18.2. The van der Waals surface area contributed by atoms with Crippen LogP contribution in [0.25, 0.3) is 12.2 Å². The van der Waals surface area contributed by atoms with Gasteiger partial charge < -0.3 is 24.8 Å². The minimum absolute atomic E-state index is 0.0414. The van der Waals surface area contributed by atoms with Crippen LogP contribution in [0.3, 0.4) is 0 Å². The van der Waals surface area contributed by atoms with Gasteiger partial charge in [0.15, 0.2) is 0 Å². The number of amides is 3. The molecule has 1 saturated heterocycles. The first kappa shape index (κ1) is 42.5. The van der Waals surface area contributed by atoms with E-state index in [1.165, 1.54) is 19.0 Å². The van der Waals surface area contributed by atoms with E-state index in [1.54, 1.807) is 26.1 Å². The summed E-state index contributed by atoms with van der Waals surface area (Å²) in [6, 6.07) is 2.17. The Kier molecular flexibility index (Phi) is 14.9. The van der Waals surface area contributed by atoms with Gasteiger partial charge in [0.1, 0.15) is 24.2 Å². The number of nitrogens with one attached hydrogen (secondary N) is 3. The van der Waals surface area contributed by atoms with Crippen LogP contribution in [0.5, 0.6) is 0 Å². The van der Waals surface area contributed by atoms with Crippen LogP contribution < -0.4 is 26.6 Å². The highest BCUT2D eigenvalue weighted by Gasteiger charge is 2.40. The molecular formula is C38H59N5O8Si. The van der Waals surface area contributed by atoms with Crippen molar-refractivity contribution >= 4 is 49.9 Å². The van der Waals surface area contributed by atoms with Crippen molar-refractivity contribution in [1.82, 2.24) is 26.1 Å². The fraction of sp³-hybridized carbons (Fsp3) is 0.632. The highest BCUT2D eigenvalue weighted by Crippen LogP contribution is 2.37. The van der Waals surface area contributed by atoms with E-state index in [0.717, 1.165) is 16.6 Å². The van der Waals surface area contributed by atoms with Crippen molar-refractivity contribution in [2.75, 3.05) is 26.9 Å². The Morgan fingerprint density at radius 3 is 2.50 bits per heavy atom. The molecule has 0 spiro atoms. The Hall–Kier alpha value is -3.88. The van der Waals surface area contributed by atoms with Gasteiger partial charge in [-0.1, -0.05) is 57.8 Å². The third-order valence-corrected chi connectivity index (χ3v) is 11.3. The van der Waals surface area contributed by atoms with Crippen LogP contribution in [0.1, 0.15) is 60.8 Å². The lowest BCUT2D eigenvalue weighted by Gasteiger charge is -2.36. The first-order chi connectivity index (χ1) is 24.3. The van der Waals surface area contributed by atoms with E-state index in [0.29, 0.717) is 32.4 Å². The molecule has 3 amide bonds. The number of methoxy groups -OCH3 is 1. The van der Waals surface area contributed by atoms with Crippen LogP contribution in [0.4, 0.5) is 0 Å². The molecule has 2 aliphatic rings. The number of hydrogen-bond acceptors (Lipinski definition) is 10. The van der Waals surface area contributed by atoms with Crippen LogP contribution >= 0.6 is 0 Å². The van der Waals surface area contributed by atoms with Gasteiger partial charge in [-0.2, -0.15) is 0 Å². The quantitative estimate of drug-likeness (QED) is 0.0991. The van der Waals surface area contributed by atoms with Gasteiger partial charge in [-0.3, -0.25) is 34.0 Å². The number of carbonyl (C=O) groups is 5. The van der Waals surface area contributed by atoms with Crippen LogP contribution in [-0.2, 0) is 38.2 Å². The molecule has 1 aliphatic heterocycles. The maximum absolute atomic E-state index is 14.3. The molecule has 6 atom stereocenters. The predicted molar refractivity (Wildman–Crippen MR) is 201 cm³/mol. The Labute approximate surface area is 309 Å². The minimum Gasteiger partial charge on any atom is -0.468 e. The lowest BCUT2D eigenvalue weighted by atomic mass is 9.74. The molecule has 1 aromatic rings. The fourth-order valence-electron chi connectivity index (χ4n) is 6.11. The number of rotatable bonds is 16. The van der Waals surface area contributed by atoms with Crippen LogP contribution in [-0.4, -0.2) is 98.8 Å². The molecule has 0 bridgehead atoms. The van der Waals surface area contributed by atoms with Crippen molar-refractivity contribution in [2.45, 2.75) is 111 Å². The van der Waals surface area contributed by atoms with Crippen molar-refractivity contribution < 1.29 is 38.2 Å². The highest BCUT2D eigenvalue weighted by atomic mass is 28.3.